The van der Waals surface area contributed by atoms with E-state index in [-0.39, 0.29) is 11.6 Å². The minimum Gasteiger partial charge on any atom is -0.493 e. The van der Waals surface area contributed by atoms with E-state index in [1.165, 1.54) is 0 Å². The number of carbonyl (C=O) groups excluding carboxylic acids is 1. The first kappa shape index (κ1) is 22.1. The zero-order valence-electron chi connectivity index (χ0n) is 15.6. The third-order valence-electron chi connectivity index (χ3n) is 3.80. The van der Waals surface area contributed by atoms with Crippen LogP contribution in [-0.2, 0) is 9.53 Å². The highest BCUT2D eigenvalue weighted by Gasteiger charge is 2.26. The van der Waals surface area contributed by atoms with Gasteiger partial charge in [-0.25, -0.2) is 9.79 Å². The molecule has 0 radical (unpaired) electrons. The number of nitrogens with zero attached hydrogens (tertiary/aromatic N) is 1. The van der Waals surface area contributed by atoms with Crippen molar-refractivity contribution in [3.63, 3.8) is 0 Å². The first-order valence-electron chi connectivity index (χ1n) is 8.41. The SMILES string of the molecule is C=C(C)COc1c(I)cc(/C=C2\N=C(c3cc(I)ccc3Cl)OC2=O)cc1OC. The standard InChI is InChI=1S/C21H16ClI2NO4/c1-11(2)10-28-19-16(24)6-12(8-18(19)27-3)7-17-21(26)29-20(25-17)14-9-13(23)4-5-15(14)22/h4-9H,1,10H2,2-3H3/b17-7-. The van der Waals surface area contributed by atoms with Gasteiger partial charge in [0.1, 0.15) is 6.61 Å². The molecular formula is C21H16ClI2NO4. The van der Waals surface area contributed by atoms with Crippen LogP contribution in [-0.4, -0.2) is 25.6 Å². The minimum absolute atomic E-state index is 0.184. The number of methoxy groups -OCH3 is 1. The first-order valence-corrected chi connectivity index (χ1v) is 10.9. The van der Waals surface area contributed by atoms with Crippen LogP contribution < -0.4 is 9.47 Å². The van der Waals surface area contributed by atoms with Crippen LogP contribution in [0.5, 0.6) is 11.5 Å². The number of hydrogen-bond donors (Lipinski definition) is 0. The van der Waals surface area contributed by atoms with Crippen LogP contribution in [0.15, 0.2) is 53.2 Å². The number of benzene rings is 2. The number of carbonyl (C=O) groups is 1. The third-order valence-corrected chi connectivity index (χ3v) is 5.60. The van der Waals surface area contributed by atoms with Crippen LogP contribution in [0.4, 0.5) is 0 Å². The Morgan fingerprint density at radius 1 is 1.31 bits per heavy atom. The van der Waals surface area contributed by atoms with E-state index in [9.17, 15) is 4.79 Å². The Morgan fingerprint density at radius 3 is 2.76 bits per heavy atom. The maximum atomic E-state index is 12.3. The van der Waals surface area contributed by atoms with Crippen molar-refractivity contribution in [3.8, 4) is 11.5 Å². The van der Waals surface area contributed by atoms with Gasteiger partial charge in [-0.3, -0.25) is 0 Å². The molecule has 0 saturated heterocycles. The molecule has 0 bridgehead atoms. The van der Waals surface area contributed by atoms with Crippen LogP contribution in [0.25, 0.3) is 6.08 Å². The summed E-state index contributed by atoms with van der Waals surface area (Å²) in [5.74, 6) is 0.836. The second-order valence-electron chi connectivity index (χ2n) is 6.24. The molecule has 0 spiro atoms. The van der Waals surface area contributed by atoms with Crippen LogP contribution in [0, 0.1) is 7.14 Å². The average Bonchev–Trinajstić information content (AvgIpc) is 3.02. The fourth-order valence-electron chi connectivity index (χ4n) is 2.50. The summed E-state index contributed by atoms with van der Waals surface area (Å²) < 4.78 is 18.4. The number of halogens is 3. The fourth-order valence-corrected chi connectivity index (χ4v) is 3.97. The summed E-state index contributed by atoms with van der Waals surface area (Å²) in [6, 6.07) is 9.09. The molecule has 0 N–H and O–H groups in total. The van der Waals surface area contributed by atoms with E-state index < -0.39 is 5.97 Å². The highest BCUT2D eigenvalue weighted by molar-refractivity contribution is 14.1. The van der Waals surface area contributed by atoms with Crippen molar-refractivity contribution in [2.45, 2.75) is 6.92 Å². The van der Waals surface area contributed by atoms with E-state index in [1.54, 1.807) is 25.3 Å². The molecule has 2 aromatic carbocycles. The molecule has 0 aromatic heterocycles. The summed E-state index contributed by atoms with van der Waals surface area (Å²) >= 11 is 10.6. The van der Waals surface area contributed by atoms with Gasteiger partial charge in [-0.15, -0.1) is 0 Å². The fraction of sp³-hybridized carbons (Fsp3) is 0.143. The Kier molecular flexibility index (Phi) is 7.23. The average molecular weight is 636 g/mol. The number of ether oxygens (including phenoxy) is 3. The van der Waals surface area contributed by atoms with E-state index >= 15 is 0 Å². The number of cyclic esters (lactones) is 1. The molecule has 0 unspecified atom stereocenters. The quantitative estimate of drug-likeness (QED) is 0.173. The van der Waals surface area contributed by atoms with E-state index in [1.807, 2.05) is 25.1 Å². The zero-order valence-corrected chi connectivity index (χ0v) is 20.7. The Hall–Kier alpha value is -1.59. The topological polar surface area (TPSA) is 57.1 Å². The zero-order chi connectivity index (χ0) is 21.1. The monoisotopic (exact) mass is 635 g/mol. The van der Waals surface area contributed by atoms with Crippen molar-refractivity contribution in [1.29, 1.82) is 0 Å². The van der Waals surface area contributed by atoms with Crippen LogP contribution >= 0.6 is 56.8 Å². The van der Waals surface area contributed by atoms with Gasteiger partial charge in [0.2, 0.25) is 5.90 Å². The first-order chi connectivity index (χ1) is 13.8. The highest BCUT2D eigenvalue weighted by Crippen LogP contribution is 2.35. The van der Waals surface area contributed by atoms with Gasteiger partial charge in [0.15, 0.2) is 17.2 Å². The predicted molar refractivity (Wildman–Crippen MR) is 131 cm³/mol. The van der Waals surface area contributed by atoms with Crippen molar-refractivity contribution in [2.75, 3.05) is 13.7 Å². The Labute approximate surface area is 201 Å². The van der Waals surface area contributed by atoms with Crippen molar-refractivity contribution >= 4 is 74.7 Å². The molecule has 0 fully saturated rings. The predicted octanol–water partition coefficient (Wildman–Crippen LogP) is 5.86. The summed E-state index contributed by atoms with van der Waals surface area (Å²) in [6.45, 7) is 6.12. The number of hydrogen-bond acceptors (Lipinski definition) is 5. The molecule has 8 heteroatoms. The third kappa shape index (κ3) is 5.32. The second-order valence-corrected chi connectivity index (χ2v) is 9.06. The van der Waals surface area contributed by atoms with Gasteiger partial charge >= 0.3 is 5.97 Å². The lowest BCUT2D eigenvalue weighted by Gasteiger charge is -2.13. The van der Waals surface area contributed by atoms with E-state index in [4.69, 9.17) is 25.8 Å². The Morgan fingerprint density at radius 2 is 2.07 bits per heavy atom. The van der Waals surface area contributed by atoms with E-state index in [2.05, 4.69) is 56.8 Å². The number of esters is 1. The molecule has 0 atom stereocenters. The van der Waals surface area contributed by atoms with Gasteiger partial charge in [0.25, 0.3) is 0 Å². The summed E-state index contributed by atoms with van der Waals surface area (Å²) in [6.07, 6.45) is 1.64. The van der Waals surface area contributed by atoms with Gasteiger partial charge in [0, 0.05) is 3.57 Å². The largest absolute Gasteiger partial charge is 0.493 e. The lowest BCUT2D eigenvalue weighted by atomic mass is 10.1. The van der Waals surface area contributed by atoms with Gasteiger partial charge in [-0.1, -0.05) is 18.2 Å². The van der Waals surface area contributed by atoms with Crippen LogP contribution in [0.1, 0.15) is 18.1 Å². The molecule has 3 rings (SSSR count). The lowest BCUT2D eigenvalue weighted by molar-refractivity contribution is -0.129. The molecular weight excluding hydrogens is 619 g/mol. The van der Waals surface area contributed by atoms with Crippen molar-refractivity contribution < 1.29 is 19.0 Å². The molecule has 1 aliphatic heterocycles. The summed E-state index contributed by atoms with van der Waals surface area (Å²) in [4.78, 5) is 16.7. The van der Waals surface area contributed by atoms with E-state index in [0.717, 1.165) is 18.3 Å². The van der Waals surface area contributed by atoms with Crippen molar-refractivity contribution in [1.82, 2.24) is 0 Å². The number of aliphatic imine (C=N–C) groups is 1. The highest BCUT2D eigenvalue weighted by atomic mass is 127. The summed E-state index contributed by atoms with van der Waals surface area (Å²) in [5, 5.41) is 0.466. The smallest absolute Gasteiger partial charge is 0.363 e. The molecule has 2 aromatic rings. The number of rotatable bonds is 6. The van der Waals surface area contributed by atoms with Crippen LogP contribution in [0.2, 0.25) is 5.02 Å². The van der Waals surface area contributed by atoms with E-state index in [0.29, 0.717) is 28.7 Å². The molecule has 0 aliphatic carbocycles. The molecule has 0 amide bonds. The second kappa shape index (κ2) is 9.48. The molecule has 150 valence electrons. The summed E-state index contributed by atoms with van der Waals surface area (Å²) in [5.41, 5.74) is 2.40. The maximum absolute atomic E-state index is 12.3. The lowest BCUT2D eigenvalue weighted by Crippen LogP contribution is -2.06. The van der Waals surface area contributed by atoms with Crippen molar-refractivity contribution in [3.05, 3.63) is 71.5 Å². The maximum Gasteiger partial charge on any atom is 0.363 e. The molecule has 29 heavy (non-hydrogen) atoms. The van der Waals surface area contributed by atoms with Gasteiger partial charge in [-0.2, -0.15) is 0 Å². The Bertz CT molecular complexity index is 1060. The molecule has 1 heterocycles. The van der Waals surface area contributed by atoms with Crippen molar-refractivity contribution in [2.24, 2.45) is 4.99 Å². The summed E-state index contributed by atoms with van der Waals surface area (Å²) in [7, 11) is 1.56. The van der Waals surface area contributed by atoms with Crippen LogP contribution in [0.3, 0.4) is 0 Å². The van der Waals surface area contributed by atoms with Gasteiger partial charge in [0.05, 0.1) is 21.3 Å². The molecule has 1 aliphatic rings. The Balaban J connectivity index is 1.96. The van der Waals surface area contributed by atoms with Gasteiger partial charge < -0.3 is 14.2 Å². The minimum atomic E-state index is -0.536. The van der Waals surface area contributed by atoms with Gasteiger partial charge in [-0.05, 0) is 99.6 Å². The molecule has 5 nitrogen and oxygen atoms in total. The molecule has 0 saturated carbocycles. The normalized spacial score (nSPS) is 14.6.